The zero-order chi connectivity index (χ0) is 45.9. The van der Waals surface area contributed by atoms with Crippen LogP contribution < -0.4 is 0 Å². The van der Waals surface area contributed by atoms with E-state index in [2.05, 4.69) is 228 Å². The minimum Gasteiger partial charge on any atom is -0.309 e. The second kappa shape index (κ2) is 15.1. The summed E-state index contributed by atoms with van der Waals surface area (Å²) < 4.78 is 4.78. The molecule has 4 heterocycles. The fraction of sp³-hybridized carbons (Fsp3) is 0.0156. The predicted molar refractivity (Wildman–Crippen MR) is 286 cm³/mol. The molecule has 0 saturated heterocycles. The molecule has 0 saturated carbocycles. The molecule has 0 atom stereocenters. The largest absolute Gasteiger partial charge is 0.309 e. The molecule has 0 fully saturated rings. The summed E-state index contributed by atoms with van der Waals surface area (Å²) >= 11 is 1.86. The van der Waals surface area contributed by atoms with Crippen LogP contribution in [0.25, 0.3) is 100 Å². The van der Waals surface area contributed by atoms with Crippen molar-refractivity contribution in [3.8, 4) is 56.7 Å². The Kier molecular flexibility index (Phi) is 8.44. The molecule has 0 N–H and O–H groups in total. The van der Waals surface area contributed by atoms with E-state index in [1.54, 1.807) is 0 Å². The van der Waals surface area contributed by atoms with Crippen molar-refractivity contribution < 1.29 is 0 Å². The number of hydrogen-bond acceptors (Lipinski definition) is 4. The van der Waals surface area contributed by atoms with E-state index in [9.17, 15) is 0 Å². The fourth-order valence-electron chi connectivity index (χ4n) is 11.7. The van der Waals surface area contributed by atoms with Crippen molar-refractivity contribution in [3.63, 3.8) is 0 Å². The van der Waals surface area contributed by atoms with Gasteiger partial charge in [-0.2, -0.15) is 0 Å². The summed E-state index contributed by atoms with van der Waals surface area (Å²) in [6, 6.07) is 85.6. The zero-order valence-electron chi connectivity index (χ0n) is 37.7. The Morgan fingerprint density at radius 1 is 0.300 bits per heavy atom. The highest BCUT2D eigenvalue weighted by molar-refractivity contribution is 7.99. The summed E-state index contributed by atoms with van der Waals surface area (Å²) in [7, 11) is 0. The van der Waals surface area contributed by atoms with Crippen molar-refractivity contribution in [2.24, 2.45) is 0 Å². The Hall–Kier alpha value is -8.84. The first kappa shape index (κ1) is 39.2. The molecule has 10 aromatic carbocycles. The van der Waals surface area contributed by atoms with Crippen molar-refractivity contribution in [1.82, 2.24) is 24.1 Å². The molecule has 0 radical (unpaired) electrons. The average Bonchev–Trinajstić information content (AvgIpc) is 4.05. The first-order valence-corrected chi connectivity index (χ1v) is 24.6. The zero-order valence-corrected chi connectivity index (χ0v) is 38.5. The lowest BCUT2D eigenvalue weighted by Gasteiger charge is -2.39. The monoisotopic (exact) mass is 909 g/mol. The van der Waals surface area contributed by atoms with Crippen molar-refractivity contribution in [1.29, 1.82) is 0 Å². The molecule has 2 aliphatic rings. The number of benzene rings is 10. The lowest BCUT2D eigenvalue weighted by molar-refractivity contribution is 0.722. The lowest BCUT2D eigenvalue weighted by atomic mass is 9.67. The maximum atomic E-state index is 5.55. The van der Waals surface area contributed by atoms with Crippen molar-refractivity contribution >= 4 is 55.4 Å². The molecule has 1 aliphatic heterocycles. The van der Waals surface area contributed by atoms with Crippen molar-refractivity contribution in [2.75, 3.05) is 0 Å². The van der Waals surface area contributed by atoms with Crippen LogP contribution in [0.4, 0.5) is 0 Å². The molecule has 3 aromatic heterocycles. The maximum Gasteiger partial charge on any atom is 0.164 e. The summed E-state index contributed by atoms with van der Waals surface area (Å²) in [5, 5.41) is 4.81. The maximum absolute atomic E-state index is 5.55. The van der Waals surface area contributed by atoms with Gasteiger partial charge in [-0.15, -0.1) is 0 Å². The molecule has 6 heteroatoms. The van der Waals surface area contributed by atoms with E-state index in [0.29, 0.717) is 17.5 Å². The Bertz CT molecular complexity index is 4010. The molecule has 70 heavy (non-hydrogen) atoms. The van der Waals surface area contributed by atoms with Crippen LogP contribution >= 0.6 is 11.8 Å². The van der Waals surface area contributed by atoms with E-state index in [0.717, 1.165) is 50.1 Å². The molecule has 5 nitrogen and oxygen atoms in total. The average molecular weight is 910 g/mol. The normalized spacial score (nSPS) is 13.2. The topological polar surface area (TPSA) is 48.5 Å². The number of rotatable bonds is 5. The van der Waals surface area contributed by atoms with Gasteiger partial charge in [0.15, 0.2) is 17.5 Å². The third-order valence-electron chi connectivity index (χ3n) is 14.6. The van der Waals surface area contributed by atoms with Gasteiger partial charge in [0.05, 0.1) is 27.5 Å². The van der Waals surface area contributed by atoms with Crippen LogP contribution in [0.3, 0.4) is 0 Å². The summed E-state index contributed by atoms with van der Waals surface area (Å²) in [5.41, 5.74) is 16.3. The van der Waals surface area contributed by atoms with Crippen molar-refractivity contribution in [2.45, 2.75) is 15.2 Å². The lowest BCUT2D eigenvalue weighted by Crippen LogP contribution is -2.31. The summed E-state index contributed by atoms with van der Waals surface area (Å²) in [6.45, 7) is 0. The molecule has 1 aliphatic carbocycles. The minimum atomic E-state index is -0.535. The summed E-state index contributed by atoms with van der Waals surface area (Å²) in [6.07, 6.45) is 0. The summed E-state index contributed by atoms with van der Waals surface area (Å²) in [4.78, 5) is 18.8. The third kappa shape index (κ3) is 5.59. The van der Waals surface area contributed by atoms with E-state index in [1.807, 2.05) is 30.0 Å². The first-order valence-electron chi connectivity index (χ1n) is 23.8. The Morgan fingerprint density at radius 3 is 1.26 bits per heavy atom. The van der Waals surface area contributed by atoms with Crippen molar-refractivity contribution in [3.05, 3.63) is 259 Å². The van der Waals surface area contributed by atoms with E-state index in [-0.39, 0.29) is 0 Å². The smallest absolute Gasteiger partial charge is 0.164 e. The highest BCUT2D eigenvalue weighted by Gasteiger charge is 2.50. The van der Waals surface area contributed by atoms with Crippen LogP contribution in [-0.2, 0) is 5.41 Å². The number of aromatic nitrogens is 5. The molecule has 13 aromatic rings. The number of para-hydroxylation sites is 4. The van der Waals surface area contributed by atoms with E-state index < -0.39 is 5.41 Å². The Balaban J connectivity index is 1.01. The quantitative estimate of drug-likeness (QED) is 0.173. The van der Waals surface area contributed by atoms with Gasteiger partial charge in [-0.1, -0.05) is 188 Å². The van der Waals surface area contributed by atoms with Gasteiger partial charge in [0.2, 0.25) is 0 Å². The van der Waals surface area contributed by atoms with Gasteiger partial charge in [0.1, 0.15) is 0 Å². The van der Waals surface area contributed by atoms with Crippen LogP contribution in [0.5, 0.6) is 0 Å². The van der Waals surface area contributed by atoms with E-state index >= 15 is 0 Å². The predicted octanol–water partition coefficient (Wildman–Crippen LogP) is 15.9. The van der Waals surface area contributed by atoms with Crippen LogP contribution in [0.1, 0.15) is 22.3 Å². The number of fused-ring (bicyclic) bond motifs is 15. The highest BCUT2D eigenvalue weighted by atomic mass is 32.2. The molecule has 1 spiro atoms. The SMILES string of the molecule is c1ccc(-c2nc(-c3cc(-n4c5ccccc5c5ccccc54)cc(-n4c5ccccc5c5ccccc54)c3)nc(-c3ccc4c(c3)C3(c5ccccc5Sc5ccccc53)c3ccccc3-4)n2)cc1. The number of hydrogen-bond donors (Lipinski definition) is 0. The molecule has 15 rings (SSSR count). The van der Waals surface area contributed by atoms with Gasteiger partial charge in [0, 0.05) is 59.4 Å². The minimum absolute atomic E-state index is 0.535. The molecular formula is C64H39N5S. The van der Waals surface area contributed by atoms with Gasteiger partial charge >= 0.3 is 0 Å². The van der Waals surface area contributed by atoms with Crippen LogP contribution in [0.15, 0.2) is 246 Å². The van der Waals surface area contributed by atoms with Gasteiger partial charge in [-0.3, -0.25) is 0 Å². The Labute approximate surface area is 408 Å². The van der Waals surface area contributed by atoms with Crippen LogP contribution in [-0.4, -0.2) is 24.1 Å². The van der Waals surface area contributed by atoms with E-state index in [4.69, 9.17) is 15.0 Å². The second-order valence-corrected chi connectivity index (χ2v) is 19.4. The third-order valence-corrected chi connectivity index (χ3v) is 15.8. The fourth-order valence-corrected chi connectivity index (χ4v) is 12.9. The highest BCUT2D eigenvalue weighted by Crippen LogP contribution is 2.62. The molecular weight excluding hydrogens is 871 g/mol. The van der Waals surface area contributed by atoms with Gasteiger partial charge < -0.3 is 9.13 Å². The van der Waals surface area contributed by atoms with Crippen LogP contribution in [0, 0.1) is 0 Å². The summed E-state index contributed by atoms with van der Waals surface area (Å²) in [5.74, 6) is 1.83. The second-order valence-electron chi connectivity index (χ2n) is 18.3. The molecule has 0 amide bonds. The molecule has 0 unspecified atom stereocenters. The number of nitrogens with zero attached hydrogens (tertiary/aromatic N) is 5. The van der Waals surface area contributed by atoms with Crippen LogP contribution in [0.2, 0.25) is 0 Å². The van der Waals surface area contributed by atoms with Gasteiger partial charge in [-0.25, -0.2) is 15.0 Å². The molecule has 0 bridgehead atoms. The van der Waals surface area contributed by atoms with Gasteiger partial charge in [-0.05, 0) is 94.0 Å². The Morgan fingerprint density at radius 2 is 0.714 bits per heavy atom. The van der Waals surface area contributed by atoms with Gasteiger partial charge in [0.25, 0.3) is 0 Å². The first-order chi connectivity index (χ1) is 34.7. The standard InChI is InChI=1S/C64H39N5S/c1-2-18-40(19-3-1)61-65-62(41-34-35-46-45-20-4-9-25-51(45)64(54(46)38-41)52-26-10-16-32-59(52)70-60-33-17-11-27-53(60)64)67-63(66-61)42-36-43(68-55-28-12-5-21-47(55)48-22-6-13-29-56(48)68)39-44(37-42)69-57-30-14-7-23-49(57)50-24-8-15-31-58(50)69/h1-39H. The molecule has 326 valence electrons. The van der Waals surface area contributed by atoms with E-state index in [1.165, 1.54) is 64.7 Å².